The number of unbranched alkanes of at least 4 members (excludes halogenated alkanes) is 25. The summed E-state index contributed by atoms with van der Waals surface area (Å²) < 4.78 is 37.6. The van der Waals surface area contributed by atoms with Crippen LogP contribution in [0.5, 0.6) is 28.7 Å². The van der Waals surface area contributed by atoms with E-state index in [0.29, 0.717) is 49.8 Å². The average Bonchev–Trinajstić information content (AvgIpc) is 1.49. The zero-order chi connectivity index (χ0) is 74.9. The first kappa shape index (κ1) is 78.2. The fraction of sp³-hybridized carbons (Fsp3) is 0.438. The number of thiophene rings is 5. The number of nitrogens with zero attached hydrogens (tertiary/aromatic N) is 1. The van der Waals surface area contributed by atoms with Gasteiger partial charge in [0.15, 0.2) is 0 Å². The normalized spacial score (nSPS) is 13.7. The topological polar surface area (TPSA) is 83.5 Å². The van der Waals surface area contributed by atoms with Gasteiger partial charge in [-0.2, -0.15) is 0 Å². The van der Waals surface area contributed by atoms with Crippen LogP contribution in [0.25, 0.3) is 49.4 Å². The highest BCUT2D eigenvalue weighted by atomic mass is 32.1. The maximum absolute atomic E-state index is 15.1. The summed E-state index contributed by atoms with van der Waals surface area (Å²) in [6, 6.07) is 53.8. The molecule has 6 aromatic carbocycles. The third-order valence-corrected chi connectivity index (χ3v) is 28.7. The Labute approximate surface area is 668 Å². The molecule has 0 saturated heterocycles. The number of anilines is 1. The van der Waals surface area contributed by atoms with Crippen LogP contribution in [0, 0.1) is 0 Å². The highest BCUT2D eigenvalue weighted by molar-refractivity contribution is 7.33. The van der Waals surface area contributed by atoms with Gasteiger partial charge in [0.2, 0.25) is 0 Å². The van der Waals surface area contributed by atoms with Crippen LogP contribution >= 0.6 is 56.7 Å². The molecule has 0 atom stereocenters. The smallest absolute Gasteiger partial charge is 0.267 e. The summed E-state index contributed by atoms with van der Waals surface area (Å²) >= 11 is 8.88. The lowest BCUT2D eigenvalue weighted by molar-refractivity contribution is 0.0926. The minimum absolute atomic E-state index is 0.296. The van der Waals surface area contributed by atoms with Gasteiger partial charge in [0, 0.05) is 40.5 Å². The molecule has 5 aromatic heterocycles. The van der Waals surface area contributed by atoms with E-state index in [2.05, 4.69) is 161 Å². The van der Waals surface area contributed by atoms with Crippen LogP contribution in [0.1, 0.15) is 292 Å². The Bertz CT molecular complexity index is 4640. The monoisotopic (exact) mass is 1550 g/mol. The summed E-state index contributed by atoms with van der Waals surface area (Å²) in [7, 11) is 0. The summed E-state index contributed by atoms with van der Waals surface area (Å²) in [5.41, 5.74) is 12.1. The fourth-order valence-corrected chi connectivity index (χ4v) is 23.5. The van der Waals surface area contributed by atoms with Crippen molar-refractivity contribution in [2.45, 2.75) is 238 Å². The van der Waals surface area contributed by atoms with Crippen LogP contribution in [0.15, 0.2) is 156 Å². The quantitative estimate of drug-likeness (QED) is 0.0278. The number of hydrogen-bond donors (Lipinski definition) is 0. The summed E-state index contributed by atoms with van der Waals surface area (Å²) in [6.07, 6.45) is 36.0. The second kappa shape index (κ2) is 37.7. The van der Waals surface area contributed by atoms with Gasteiger partial charge in [-0.1, -0.05) is 244 Å². The number of ether oxygens (including phenoxy) is 5. The van der Waals surface area contributed by atoms with Crippen molar-refractivity contribution in [2.24, 2.45) is 0 Å². The van der Waals surface area contributed by atoms with Crippen molar-refractivity contribution < 1.29 is 33.3 Å². The molecule has 11 aromatic rings. The molecule has 14 rings (SSSR count). The van der Waals surface area contributed by atoms with E-state index in [1.54, 1.807) is 11.3 Å². The van der Waals surface area contributed by atoms with Gasteiger partial charge < -0.3 is 23.7 Å². The molecule has 6 heterocycles. The van der Waals surface area contributed by atoms with Gasteiger partial charge >= 0.3 is 0 Å². The number of imide groups is 1. The Morgan fingerprint density at radius 3 is 1.04 bits per heavy atom. The minimum Gasteiger partial charge on any atom is -0.494 e. The van der Waals surface area contributed by atoms with Gasteiger partial charge in [0.25, 0.3) is 11.8 Å². The van der Waals surface area contributed by atoms with Crippen LogP contribution in [-0.4, -0.2) is 44.8 Å². The summed E-state index contributed by atoms with van der Waals surface area (Å²) in [6.45, 7) is 14.7. The van der Waals surface area contributed by atoms with E-state index in [0.717, 1.165) is 106 Å². The Balaban J connectivity index is 0.911. The largest absolute Gasteiger partial charge is 0.494 e. The fourth-order valence-electron chi connectivity index (χ4n) is 17.0. The van der Waals surface area contributed by atoms with Gasteiger partial charge in [0.05, 0.1) is 75.0 Å². The molecule has 0 saturated carbocycles. The van der Waals surface area contributed by atoms with Crippen molar-refractivity contribution in [1.82, 2.24) is 0 Å². The van der Waals surface area contributed by atoms with E-state index in [4.69, 9.17) is 23.7 Å². The average molecular weight is 1550 g/mol. The highest BCUT2D eigenvalue weighted by Crippen LogP contribution is 2.68. The molecule has 8 nitrogen and oxygen atoms in total. The van der Waals surface area contributed by atoms with Crippen molar-refractivity contribution in [3.8, 4) is 59.4 Å². The maximum Gasteiger partial charge on any atom is 0.267 e. The number of hydrogen-bond acceptors (Lipinski definition) is 12. The highest BCUT2D eigenvalue weighted by Gasteiger charge is 2.55. The number of fused-ring (bicyclic) bond motifs is 11. The standard InChI is InChI=1S/C96H111NO7S5/c1-6-11-16-21-26-31-57-100-72-46-36-67(37-47-72)95(68-38-48-73(49-39-68)101-58-32-27-22-17-12-7-2)80-64-78-81(63-77(80)88-86(95)91-82(107-88)56-62-105-91)96(69-40-50-74(51-41-69)102-59-33-28-23-18-13-8-3,70-42-52-75(53-43-70)103-60-34-29-24-19-14-9-4)87-89(78)108-84-65-83(109-92(84)87)90-85-79(66-106-90)93(98)97(94(85)99)71-44-54-76(55-45-71)104-61-35-30-25-20-15-10-5/h36-56,62-66H,6-35,57-61H2,1-5H3. The Morgan fingerprint density at radius 1 is 0.321 bits per heavy atom. The Morgan fingerprint density at radius 2 is 0.661 bits per heavy atom. The zero-order valence-corrected chi connectivity index (χ0v) is 69.2. The summed E-state index contributed by atoms with van der Waals surface area (Å²) in [4.78, 5) is 35.4. The lowest BCUT2D eigenvalue weighted by atomic mass is 9.66. The molecule has 109 heavy (non-hydrogen) atoms. The first-order valence-electron chi connectivity index (χ1n) is 41.7. The van der Waals surface area contributed by atoms with Crippen LogP contribution in [0.3, 0.4) is 0 Å². The van der Waals surface area contributed by atoms with E-state index in [1.807, 2.05) is 63.7 Å². The number of carbonyl (C=O) groups is 2. The van der Waals surface area contributed by atoms with Crippen LogP contribution in [0.2, 0.25) is 0 Å². The van der Waals surface area contributed by atoms with E-state index in [9.17, 15) is 4.79 Å². The maximum atomic E-state index is 15.1. The molecule has 0 radical (unpaired) electrons. The molecule has 0 fully saturated rings. The van der Waals surface area contributed by atoms with Crippen LogP contribution < -0.4 is 28.6 Å². The number of amides is 2. The lowest BCUT2D eigenvalue weighted by Crippen LogP contribution is -2.30. The third kappa shape index (κ3) is 16.6. The second-order valence-corrected chi connectivity index (χ2v) is 35.4. The predicted molar refractivity (Wildman–Crippen MR) is 463 cm³/mol. The van der Waals surface area contributed by atoms with Crippen molar-refractivity contribution in [1.29, 1.82) is 0 Å². The molecule has 3 aliphatic rings. The number of carbonyl (C=O) groups excluding carboxylic acids is 2. The molecule has 572 valence electrons. The van der Waals surface area contributed by atoms with Crippen molar-refractivity contribution in [3.63, 3.8) is 0 Å². The Hall–Kier alpha value is -7.52. The molecule has 2 amide bonds. The number of benzene rings is 6. The van der Waals surface area contributed by atoms with E-state index >= 15 is 4.79 Å². The van der Waals surface area contributed by atoms with Gasteiger partial charge in [-0.25, -0.2) is 4.90 Å². The molecular weight excluding hydrogens is 1440 g/mol. The lowest BCUT2D eigenvalue weighted by Gasteiger charge is -2.35. The van der Waals surface area contributed by atoms with Gasteiger partial charge in [0.1, 0.15) is 28.7 Å². The van der Waals surface area contributed by atoms with Crippen molar-refractivity contribution in [3.05, 3.63) is 212 Å². The molecule has 2 aliphatic carbocycles. The SMILES string of the molecule is CCCCCCCCOc1ccc(N2C(=O)c3csc(-c4cc5sc6c(c5s4)C(c4ccc(OCCCCCCCC)cc4)(c4ccc(OCCCCCCCC)cc4)c4cc5c(cc4-6)C(c4ccc(OCCCCCCCC)cc4)(c4ccc(OCCCCCCCC)cc4)c4c-5sc5ccsc45)c3C2=O)cc1. The van der Waals surface area contributed by atoms with E-state index in [1.165, 1.54) is 226 Å². The second-order valence-electron chi connectivity index (χ2n) is 30.4. The van der Waals surface area contributed by atoms with Crippen LogP contribution in [-0.2, 0) is 10.8 Å². The third-order valence-electron chi connectivity index (χ3n) is 22.8. The summed E-state index contributed by atoms with van der Waals surface area (Å²) in [5.74, 6) is 3.66. The van der Waals surface area contributed by atoms with Gasteiger partial charge in [-0.15, -0.1) is 56.7 Å². The minimum atomic E-state index is -0.857. The van der Waals surface area contributed by atoms with Gasteiger partial charge in [-0.05, 0) is 179 Å². The van der Waals surface area contributed by atoms with Crippen LogP contribution in [0.4, 0.5) is 5.69 Å². The molecule has 1 aliphatic heterocycles. The van der Waals surface area contributed by atoms with E-state index < -0.39 is 10.8 Å². The molecule has 0 N–H and O–H groups in total. The molecule has 0 bridgehead atoms. The molecular formula is C96H111NO7S5. The first-order valence-corrected chi connectivity index (χ1v) is 45.9. The van der Waals surface area contributed by atoms with E-state index in [-0.39, 0.29) is 11.8 Å². The molecule has 13 heteroatoms. The number of rotatable bonds is 46. The van der Waals surface area contributed by atoms with Crippen molar-refractivity contribution >= 4 is 93.0 Å². The first-order chi connectivity index (χ1) is 53.7. The Kier molecular flexibility index (Phi) is 27.0. The van der Waals surface area contributed by atoms with Gasteiger partial charge in [-0.3, -0.25) is 9.59 Å². The summed E-state index contributed by atoms with van der Waals surface area (Å²) in [5, 5.41) is 4.18. The molecule has 0 spiro atoms. The predicted octanol–water partition coefficient (Wildman–Crippen LogP) is 29.2. The zero-order valence-electron chi connectivity index (χ0n) is 65.1. The van der Waals surface area contributed by atoms with Crippen molar-refractivity contribution in [2.75, 3.05) is 37.9 Å². The molecule has 0 unspecified atom stereocenters.